The highest BCUT2D eigenvalue weighted by Crippen LogP contribution is 2.39. The van der Waals surface area contributed by atoms with Gasteiger partial charge < -0.3 is 24.6 Å². The Morgan fingerprint density at radius 3 is 2.59 bits per heavy atom. The van der Waals surface area contributed by atoms with Crippen molar-refractivity contribution >= 4 is 23.3 Å². The summed E-state index contributed by atoms with van der Waals surface area (Å²) in [7, 11) is 1.52. The van der Waals surface area contributed by atoms with E-state index in [2.05, 4.69) is 14.7 Å². The number of rotatable bonds is 8. The molecule has 3 heterocycles. The fourth-order valence-electron chi connectivity index (χ4n) is 3.87. The minimum absolute atomic E-state index is 0.0352. The summed E-state index contributed by atoms with van der Waals surface area (Å²) in [4.78, 5) is 24.8. The molecule has 37 heavy (non-hydrogen) atoms. The Balaban J connectivity index is 1.80. The minimum Gasteiger partial charge on any atom is -0.425 e. The van der Waals surface area contributed by atoms with Gasteiger partial charge in [0.2, 0.25) is 5.85 Å². The van der Waals surface area contributed by atoms with Crippen LogP contribution in [-0.4, -0.2) is 68.0 Å². The maximum absolute atomic E-state index is 13.6. The summed E-state index contributed by atoms with van der Waals surface area (Å²) >= 11 is 6.10. The van der Waals surface area contributed by atoms with E-state index in [9.17, 15) is 28.2 Å². The van der Waals surface area contributed by atoms with Crippen molar-refractivity contribution in [3.8, 4) is 17.5 Å². The average Bonchev–Trinajstić information content (AvgIpc) is 3.14. The van der Waals surface area contributed by atoms with Crippen molar-refractivity contribution in [2.45, 2.75) is 32.1 Å². The lowest BCUT2D eigenvalue weighted by Gasteiger charge is -2.46. The molecule has 0 fully saturated rings. The van der Waals surface area contributed by atoms with Crippen LogP contribution in [-0.2, 0) is 6.54 Å². The number of aliphatic hydroxyl groups is 2. The van der Waals surface area contributed by atoms with Crippen molar-refractivity contribution in [3.05, 3.63) is 59.0 Å². The maximum atomic E-state index is 13.6. The first kappa shape index (κ1) is 26.5. The molecule has 1 amide bonds. The number of hydrogen-bond acceptors (Lipinski definition) is 8. The van der Waals surface area contributed by atoms with E-state index in [0.717, 1.165) is 12.1 Å². The van der Waals surface area contributed by atoms with Crippen molar-refractivity contribution in [2.75, 3.05) is 25.1 Å². The van der Waals surface area contributed by atoms with Gasteiger partial charge in [-0.15, -0.1) is 13.2 Å². The van der Waals surface area contributed by atoms with Crippen molar-refractivity contribution in [1.82, 2.24) is 19.4 Å². The highest BCUT2D eigenvalue weighted by atomic mass is 35.5. The molecule has 0 spiro atoms. The molecule has 1 aliphatic rings. The number of amides is 1. The summed E-state index contributed by atoms with van der Waals surface area (Å²) in [5, 5.41) is 20.8. The lowest BCUT2D eigenvalue weighted by atomic mass is 10.1. The summed E-state index contributed by atoms with van der Waals surface area (Å²) < 4.78 is 49.3. The van der Waals surface area contributed by atoms with E-state index in [-0.39, 0.29) is 49.4 Å². The second kappa shape index (κ2) is 10.1. The molecule has 0 saturated heterocycles. The summed E-state index contributed by atoms with van der Waals surface area (Å²) in [6.45, 7) is 1.21. The molecule has 4 rings (SSSR count). The van der Waals surface area contributed by atoms with Crippen molar-refractivity contribution in [1.29, 1.82) is 0 Å². The first-order chi connectivity index (χ1) is 17.4. The second-order valence-corrected chi connectivity index (χ2v) is 8.74. The van der Waals surface area contributed by atoms with E-state index in [0.29, 0.717) is 10.7 Å². The highest BCUT2D eigenvalue weighted by molar-refractivity contribution is 6.30. The van der Waals surface area contributed by atoms with Crippen LogP contribution in [0.25, 0.3) is 0 Å². The molecule has 1 unspecified atom stereocenters. The zero-order chi connectivity index (χ0) is 27.0. The first-order valence-electron chi connectivity index (χ1n) is 11.0. The number of imidazole rings is 1. The molecule has 1 atom stereocenters. The Labute approximate surface area is 214 Å². The summed E-state index contributed by atoms with van der Waals surface area (Å²) in [6, 6.07) is 7.85. The van der Waals surface area contributed by atoms with Gasteiger partial charge in [0.05, 0.1) is 12.2 Å². The van der Waals surface area contributed by atoms with Crippen LogP contribution in [0.1, 0.15) is 29.5 Å². The molecule has 0 aliphatic carbocycles. The molecule has 14 heteroatoms. The molecule has 3 aromatic rings. The van der Waals surface area contributed by atoms with Crippen LogP contribution in [0.5, 0.6) is 17.5 Å². The number of halogens is 4. The van der Waals surface area contributed by atoms with Gasteiger partial charge in [0.1, 0.15) is 11.5 Å². The molecule has 198 valence electrons. The Bertz CT molecular complexity index is 1300. The summed E-state index contributed by atoms with van der Waals surface area (Å²) in [5.41, 5.74) is 0.493. The van der Waals surface area contributed by atoms with Crippen LogP contribution in [0.4, 0.5) is 19.0 Å². The number of benzene rings is 1. The highest BCUT2D eigenvalue weighted by Gasteiger charge is 2.47. The molecule has 10 nitrogen and oxygen atoms in total. The van der Waals surface area contributed by atoms with E-state index in [1.54, 1.807) is 12.1 Å². The van der Waals surface area contributed by atoms with Gasteiger partial charge in [-0.2, -0.15) is 4.98 Å². The van der Waals surface area contributed by atoms with Crippen molar-refractivity contribution < 1.29 is 37.7 Å². The van der Waals surface area contributed by atoms with E-state index >= 15 is 0 Å². The second-order valence-electron chi connectivity index (χ2n) is 8.31. The van der Waals surface area contributed by atoms with Crippen LogP contribution < -0.4 is 14.4 Å². The van der Waals surface area contributed by atoms with Gasteiger partial charge in [-0.25, -0.2) is 0 Å². The molecule has 1 aliphatic heterocycles. The molecule has 0 saturated carbocycles. The lowest BCUT2D eigenvalue weighted by Crippen LogP contribution is -2.63. The smallest absolute Gasteiger partial charge is 0.425 e. The Kier molecular flexibility index (Phi) is 7.22. The van der Waals surface area contributed by atoms with E-state index in [1.165, 1.54) is 46.7 Å². The molecule has 2 N–H and O–H groups in total. The van der Waals surface area contributed by atoms with Gasteiger partial charge in [-0.1, -0.05) is 17.7 Å². The molecule has 0 radical (unpaired) electrons. The predicted octanol–water partition coefficient (Wildman–Crippen LogP) is 3.61. The van der Waals surface area contributed by atoms with Gasteiger partial charge in [0, 0.05) is 44.4 Å². The molecular formula is C23H23ClF3N5O5. The van der Waals surface area contributed by atoms with Gasteiger partial charge in [0.15, 0.2) is 11.5 Å². The number of carbonyl (C=O) groups is 1. The van der Waals surface area contributed by atoms with E-state index in [1.807, 2.05) is 0 Å². The number of hydrogen-bond donors (Lipinski definition) is 2. The molecule has 0 bridgehead atoms. The number of aliphatic hydroxyl groups excluding tert-OH is 1. The number of carbonyl (C=O) groups excluding carboxylic acids is 1. The van der Waals surface area contributed by atoms with Crippen molar-refractivity contribution in [2.24, 2.45) is 0 Å². The third kappa shape index (κ3) is 5.58. The Hall–Kier alpha value is -3.55. The number of ether oxygens (including phenoxy) is 2. The Morgan fingerprint density at radius 2 is 1.92 bits per heavy atom. The average molecular weight is 542 g/mol. The molecule has 1 aromatic carbocycles. The van der Waals surface area contributed by atoms with Crippen LogP contribution in [0, 0.1) is 0 Å². The monoisotopic (exact) mass is 541 g/mol. The topological polar surface area (TPSA) is 113 Å². The number of anilines is 1. The maximum Gasteiger partial charge on any atom is 0.573 e. The largest absolute Gasteiger partial charge is 0.573 e. The minimum atomic E-state index is -4.90. The number of nitrogens with zero attached hydrogens (tertiary/aromatic N) is 5. The predicted molar refractivity (Wildman–Crippen MR) is 126 cm³/mol. The van der Waals surface area contributed by atoms with E-state index in [4.69, 9.17) is 16.3 Å². The third-order valence-corrected chi connectivity index (χ3v) is 5.95. The van der Waals surface area contributed by atoms with Crippen molar-refractivity contribution in [3.63, 3.8) is 0 Å². The number of aromatic nitrogens is 3. The van der Waals surface area contributed by atoms with Gasteiger partial charge in [0.25, 0.3) is 5.91 Å². The fourth-order valence-corrected chi connectivity index (χ4v) is 4.05. The molecule has 2 aromatic heterocycles. The van der Waals surface area contributed by atoms with Crippen LogP contribution in [0.3, 0.4) is 0 Å². The third-order valence-electron chi connectivity index (χ3n) is 5.71. The van der Waals surface area contributed by atoms with E-state index < -0.39 is 23.9 Å². The van der Waals surface area contributed by atoms with Gasteiger partial charge >= 0.3 is 12.4 Å². The van der Waals surface area contributed by atoms with Crippen LogP contribution in [0.2, 0.25) is 5.02 Å². The summed E-state index contributed by atoms with van der Waals surface area (Å²) in [5.74, 6) is -2.84. The summed E-state index contributed by atoms with van der Waals surface area (Å²) in [6.07, 6.45) is -3.20. The zero-order valence-corrected chi connectivity index (χ0v) is 20.5. The van der Waals surface area contributed by atoms with Gasteiger partial charge in [-0.3, -0.25) is 19.2 Å². The molecular weight excluding hydrogens is 519 g/mol. The van der Waals surface area contributed by atoms with Gasteiger partial charge in [-0.05, 0) is 30.7 Å². The number of fused-ring (bicyclic) bond motifs is 1. The first-order valence-corrected chi connectivity index (χ1v) is 11.4. The number of alkyl halides is 3. The van der Waals surface area contributed by atoms with Crippen LogP contribution >= 0.6 is 11.6 Å². The SMILES string of the molecule is CN1c2nc(Oc3cccc(OC(F)(F)F)c3)n(Cc3cc(Cl)ccn3)c2C(=O)N(CCCO)C1(C)O. The number of pyridine rings is 1. The quantitative estimate of drug-likeness (QED) is 0.445. The standard InChI is InChI=1S/C23H23ClF3N5O5/c1-22(35)30(2)19-18(20(34)32(22)9-4-10-33)31(13-15-11-14(24)7-8-28-15)21(29-19)36-16-5-3-6-17(12-16)37-23(25,26)27/h3,5-8,11-12,33,35H,4,9-10,13H2,1-2H3. The fraction of sp³-hybridized carbons (Fsp3) is 0.348. The zero-order valence-electron chi connectivity index (χ0n) is 19.7. The Morgan fingerprint density at radius 1 is 1.19 bits per heavy atom. The normalized spacial score (nSPS) is 17.7. The van der Waals surface area contributed by atoms with Crippen LogP contribution in [0.15, 0.2) is 42.6 Å². The lowest BCUT2D eigenvalue weighted by molar-refractivity contribution is -0.274.